The molecule has 20 heavy (non-hydrogen) atoms. The fraction of sp³-hybridized carbons (Fsp3) is 0.143. The van der Waals surface area contributed by atoms with E-state index >= 15 is 0 Å². The van der Waals surface area contributed by atoms with E-state index in [0.29, 0.717) is 21.0 Å². The highest BCUT2D eigenvalue weighted by atomic mass is 79.9. The normalized spacial score (nSPS) is 10.2. The zero-order valence-corrected chi connectivity index (χ0v) is 13.4. The number of rotatable bonds is 3. The van der Waals surface area contributed by atoms with Gasteiger partial charge in [-0.2, -0.15) is 0 Å². The number of pyridine rings is 1. The Morgan fingerprint density at radius 2 is 2.05 bits per heavy atom. The van der Waals surface area contributed by atoms with Crippen LogP contribution in [-0.4, -0.2) is 25.0 Å². The number of anilines is 2. The summed E-state index contributed by atoms with van der Waals surface area (Å²) in [5.41, 5.74) is 1.86. The van der Waals surface area contributed by atoms with Crippen molar-refractivity contribution in [1.29, 1.82) is 0 Å². The fourth-order valence-corrected chi connectivity index (χ4v) is 2.24. The molecular formula is C14H13BrClN3O. The van der Waals surface area contributed by atoms with Crippen LogP contribution in [0.15, 0.2) is 41.0 Å². The van der Waals surface area contributed by atoms with Crippen LogP contribution in [-0.2, 0) is 0 Å². The summed E-state index contributed by atoms with van der Waals surface area (Å²) in [7, 11) is 3.80. The second-order valence-electron chi connectivity index (χ2n) is 4.36. The Balaban J connectivity index is 2.30. The number of halogens is 2. The van der Waals surface area contributed by atoms with Gasteiger partial charge < -0.3 is 10.2 Å². The summed E-state index contributed by atoms with van der Waals surface area (Å²) in [5.74, 6) is -0.281. The Bertz CT molecular complexity index is 646. The Morgan fingerprint density at radius 1 is 1.30 bits per heavy atom. The molecule has 1 aromatic heterocycles. The topological polar surface area (TPSA) is 45.2 Å². The van der Waals surface area contributed by atoms with E-state index in [1.165, 1.54) is 0 Å². The smallest absolute Gasteiger partial charge is 0.274 e. The standard InChI is InChI=1S/C14H13BrClN3O/c1-19(2)12-7-6-9(16)8-11(12)18-14(20)10-4-3-5-13(15)17-10/h3-8H,1-2H3,(H,18,20). The summed E-state index contributed by atoms with van der Waals surface area (Å²) in [6.07, 6.45) is 0. The van der Waals surface area contributed by atoms with E-state index < -0.39 is 0 Å². The van der Waals surface area contributed by atoms with Gasteiger partial charge in [-0.3, -0.25) is 4.79 Å². The first kappa shape index (κ1) is 14.8. The van der Waals surface area contributed by atoms with Crippen LogP contribution >= 0.6 is 27.5 Å². The number of aromatic nitrogens is 1. The van der Waals surface area contributed by atoms with Gasteiger partial charge in [0.1, 0.15) is 10.3 Å². The lowest BCUT2D eigenvalue weighted by Gasteiger charge is -2.18. The van der Waals surface area contributed by atoms with Gasteiger partial charge in [-0.1, -0.05) is 17.7 Å². The maximum Gasteiger partial charge on any atom is 0.274 e. The summed E-state index contributed by atoms with van der Waals surface area (Å²) in [6, 6.07) is 10.5. The minimum absolute atomic E-state index is 0.281. The molecule has 0 spiro atoms. The highest BCUT2D eigenvalue weighted by Gasteiger charge is 2.12. The summed E-state index contributed by atoms with van der Waals surface area (Å²) >= 11 is 9.23. The molecule has 0 saturated carbocycles. The van der Waals surface area contributed by atoms with Crippen molar-refractivity contribution < 1.29 is 4.79 Å². The van der Waals surface area contributed by atoms with Crippen LogP contribution in [0.25, 0.3) is 0 Å². The van der Waals surface area contributed by atoms with Gasteiger partial charge in [-0.25, -0.2) is 4.98 Å². The molecule has 2 aromatic rings. The van der Waals surface area contributed by atoms with E-state index in [1.807, 2.05) is 25.1 Å². The lowest BCUT2D eigenvalue weighted by molar-refractivity contribution is 0.102. The van der Waals surface area contributed by atoms with E-state index in [-0.39, 0.29) is 5.91 Å². The molecule has 0 atom stereocenters. The van der Waals surface area contributed by atoms with Crippen molar-refractivity contribution in [2.75, 3.05) is 24.3 Å². The van der Waals surface area contributed by atoms with Crippen LogP contribution < -0.4 is 10.2 Å². The molecular weight excluding hydrogens is 342 g/mol. The number of nitrogens with one attached hydrogen (secondary N) is 1. The third-order valence-electron chi connectivity index (χ3n) is 2.64. The van der Waals surface area contributed by atoms with Crippen molar-refractivity contribution in [3.63, 3.8) is 0 Å². The Kier molecular flexibility index (Phi) is 4.62. The largest absolute Gasteiger partial charge is 0.376 e. The SMILES string of the molecule is CN(C)c1ccc(Cl)cc1NC(=O)c1cccc(Br)n1. The Labute approximate surface area is 130 Å². The van der Waals surface area contributed by atoms with E-state index in [4.69, 9.17) is 11.6 Å². The first-order valence-electron chi connectivity index (χ1n) is 5.88. The van der Waals surface area contributed by atoms with Crippen molar-refractivity contribution in [2.24, 2.45) is 0 Å². The number of amides is 1. The molecule has 1 heterocycles. The molecule has 0 radical (unpaired) electrons. The van der Waals surface area contributed by atoms with Gasteiger partial charge in [0.25, 0.3) is 5.91 Å². The summed E-state index contributed by atoms with van der Waals surface area (Å²) in [5, 5.41) is 3.39. The van der Waals surface area contributed by atoms with Gasteiger partial charge in [0, 0.05) is 19.1 Å². The molecule has 1 amide bonds. The van der Waals surface area contributed by atoms with Crippen LogP contribution in [0.3, 0.4) is 0 Å². The predicted octanol–water partition coefficient (Wildman–Crippen LogP) is 3.82. The number of hydrogen-bond donors (Lipinski definition) is 1. The minimum atomic E-state index is -0.281. The summed E-state index contributed by atoms with van der Waals surface area (Å²) in [4.78, 5) is 18.2. The average Bonchev–Trinajstić information content (AvgIpc) is 2.38. The van der Waals surface area contributed by atoms with E-state index in [1.54, 1.807) is 30.3 Å². The summed E-state index contributed by atoms with van der Waals surface area (Å²) < 4.78 is 0.615. The zero-order valence-electron chi connectivity index (χ0n) is 11.0. The molecule has 2 rings (SSSR count). The van der Waals surface area contributed by atoms with Gasteiger partial charge in [0.2, 0.25) is 0 Å². The van der Waals surface area contributed by atoms with Gasteiger partial charge in [0.15, 0.2) is 0 Å². The second kappa shape index (κ2) is 6.24. The third kappa shape index (κ3) is 3.49. The van der Waals surface area contributed by atoms with Crippen LogP contribution in [0.1, 0.15) is 10.5 Å². The fourth-order valence-electron chi connectivity index (χ4n) is 1.72. The van der Waals surface area contributed by atoms with Crippen LogP contribution in [0.4, 0.5) is 11.4 Å². The highest BCUT2D eigenvalue weighted by molar-refractivity contribution is 9.10. The molecule has 6 heteroatoms. The molecule has 0 aliphatic heterocycles. The van der Waals surface area contributed by atoms with Gasteiger partial charge in [-0.15, -0.1) is 0 Å². The molecule has 0 fully saturated rings. The Hall–Kier alpha value is -1.59. The number of hydrogen-bond acceptors (Lipinski definition) is 3. The predicted molar refractivity (Wildman–Crippen MR) is 85.7 cm³/mol. The molecule has 0 bridgehead atoms. The molecule has 0 saturated heterocycles. The van der Waals surface area contributed by atoms with Crippen molar-refractivity contribution >= 4 is 44.8 Å². The van der Waals surface area contributed by atoms with E-state index in [0.717, 1.165) is 5.69 Å². The molecule has 0 aliphatic rings. The van der Waals surface area contributed by atoms with Gasteiger partial charge in [0.05, 0.1) is 11.4 Å². The van der Waals surface area contributed by atoms with Crippen molar-refractivity contribution in [3.05, 3.63) is 51.7 Å². The monoisotopic (exact) mass is 353 g/mol. The highest BCUT2D eigenvalue weighted by Crippen LogP contribution is 2.28. The molecule has 4 nitrogen and oxygen atoms in total. The quantitative estimate of drug-likeness (QED) is 0.852. The number of carbonyl (C=O) groups excluding carboxylic acids is 1. The molecule has 0 aliphatic carbocycles. The van der Waals surface area contributed by atoms with Crippen LogP contribution in [0, 0.1) is 0 Å². The van der Waals surface area contributed by atoms with Crippen LogP contribution in [0.5, 0.6) is 0 Å². The molecule has 104 valence electrons. The lowest BCUT2D eigenvalue weighted by Crippen LogP contribution is -2.17. The van der Waals surface area contributed by atoms with Crippen molar-refractivity contribution in [3.8, 4) is 0 Å². The van der Waals surface area contributed by atoms with Crippen molar-refractivity contribution in [1.82, 2.24) is 4.98 Å². The molecule has 1 aromatic carbocycles. The zero-order chi connectivity index (χ0) is 14.7. The first-order valence-corrected chi connectivity index (χ1v) is 7.05. The number of nitrogens with zero attached hydrogens (tertiary/aromatic N) is 2. The number of carbonyl (C=O) groups is 1. The first-order chi connectivity index (χ1) is 9.47. The molecule has 0 unspecified atom stereocenters. The van der Waals surface area contributed by atoms with Crippen molar-refractivity contribution in [2.45, 2.75) is 0 Å². The second-order valence-corrected chi connectivity index (χ2v) is 5.60. The number of benzene rings is 1. The van der Waals surface area contributed by atoms with E-state index in [9.17, 15) is 4.79 Å². The minimum Gasteiger partial charge on any atom is -0.376 e. The Morgan fingerprint density at radius 3 is 2.70 bits per heavy atom. The van der Waals surface area contributed by atoms with Gasteiger partial charge in [-0.05, 0) is 46.3 Å². The van der Waals surface area contributed by atoms with E-state index in [2.05, 4.69) is 26.2 Å². The average molecular weight is 355 g/mol. The maximum atomic E-state index is 12.2. The molecule has 1 N–H and O–H groups in total. The summed E-state index contributed by atoms with van der Waals surface area (Å²) in [6.45, 7) is 0. The van der Waals surface area contributed by atoms with Gasteiger partial charge >= 0.3 is 0 Å². The third-order valence-corrected chi connectivity index (χ3v) is 3.31. The lowest BCUT2D eigenvalue weighted by atomic mass is 10.2. The van der Waals surface area contributed by atoms with Crippen LogP contribution in [0.2, 0.25) is 5.02 Å². The maximum absolute atomic E-state index is 12.2.